The summed E-state index contributed by atoms with van der Waals surface area (Å²) in [5.74, 6) is 0.681. The van der Waals surface area contributed by atoms with Gasteiger partial charge >= 0.3 is 5.97 Å². The Kier molecular flexibility index (Phi) is 18.1. The van der Waals surface area contributed by atoms with Crippen molar-refractivity contribution in [1.82, 2.24) is 4.57 Å². The SMILES string of the molecule is CC.Cc1n(CCCCCCCCCCCCCCCCC(=O)O)cc[n+]1C. The van der Waals surface area contributed by atoms with E-state index in [4.69, 9.17) is 5.11 Å². The van der Waals surface area contributed by atoms with E-state index in [0.29, 0.717) is 6.42 Å². The van der Waals surface area contributed by atoms with E-state index in [-0.39, 0.29) is 0 Å². The molecule has 0 saturated carbocycles. The van der Waals surface area contributed by atoms with Crippen LogP contribution in [-0.4, -0.2) is 15.6 Å². The van der Waals surface area contributed by atoms with Gasteiger partial charge in [0, 0.05) is 13.3 Å². The molecule has 28 heavy (non-hydrogen) atoms. The molecule has 0 aliphatic rings. The fourth-order valence-electron chi connectivity index (χ4n) is 3.51. The van der Waals surface area contributed by atoms with Crippen LogP contribution in [0, 0.1) is 6.92 Å². The number of carboxylic acids is 1. The Balaban J connectivity index is 0.00000352. The fraction of sp³-hybridized carbons (Fsp3) is 0.833. The average Bonchev–Trinajstić information content (AvgIpc) is 3.01. The highest BCUT2D eigenvalue weighted by molar-refractivity contribution is 5.66. The summed E-state index contributed by atoms with van der Waals surface area (Å²) in [4.78, 5) is 10.4. The molecule has 0 unspecified atom stereocenters. The van der Waals surface area contributed by atoms with Crippen molar-refractivity contribution >= 4 is 5.97 Å². The van der Waals surface area contributed by atoms with Gasteiger partial charge in [-0.3, -0.25) is 4.79 Å². The van der Waals surface area contributed by atoms with Gasteiger partial charge in [0.1, 0.15) is 12.4 Å². The zero-order chi connectivity index (χ0) is 21.0. The maximum atomic E-state index is 10.4. The molecule has 0 aromatic carbocycles. The molecule has 0 radical (unpaired) electrons. The molecule has 4 heteroatoms. The highest BCUT2D eigenvalue weighted by Crippen LogP contribution is 2.13. The third kappa shape index (κ3) is 14.7. The van der Waals surface area contributed by atoms with Gasteiger partial charge in [0.2, 0.25) is 0 Å². The normalized spacial score (nSPS) is 10.6. The van der Waals surface area contributed by atoms with Crippen molar-refractivity contribution < 1.29 is 14.5 Å². The van der Waals surface area contributed by atoms with Crippen LogP contribution in [0.1, 0.15) is 116 Å². The van der Waals surface area contributed by atoms with Gasteiger partial charge in [0.25, 0.3) is 5.82 Å². The number of rotatable bonds is 17. The first-order chi connectivity index (χ1) is 13.6. The first-order valence-electron chi connectivity index (χ1n) is 11.8. The third-order valence-electron chi connectivity index (χ3n) is 5.44. The van der Waals surface area contributed by atoms with Crippen molar-refractivity contribution in [2.75, 3.05) is 0 Å². The number of hydrogen-bond donors (Lipinski definition) is 1. The number of carbonyl (C=O) groups is 1. The number of aromatic nitrogens is 2. The van der Waals surface area contributed by atoms with E-state index in [1.165, 1.54) is 82.9 Å². The van der Waals surface area contributed by atoms with Crippen LogP contribution >= 0.6 is 0 Å². The van der Waals surface area contributed by atoms with Crippen molar-refractivity contribution in [3.8, 4) is 0 Å². The highest BCUT2D eigenvalue weighted by atomic mass is 16.4. The average molecular weight is 396 g/mol. The second-order valence-electron chi connectivity index (χ2n) is 7.74. The fourth-order valence-corrected chi connectivity index (χ4v) is 3.51. The molecule has 0 atom stereocenters. The van der Waals surface area contributed by atoms with E-state index in [9.17, 15) is 4.79 Å². The Morgan fingerprint density at radius 3 is 1.57 bits per heavy atom. The predicted molar refractivity (Wildman–Crippen MR) is 119 cm³/mol. The maximum absolute atomic E-state index is 10.4. The molecule has 1 aromatic rings. The second kappa shape index (κ2) is 19.0. The molecule has 0 saturated heterocycles. The molecule has 1 rings (SSSR count). The Labute approximate surface area is 174 Å². The number of nitrogens with zero attached hydrogens (tertiary/aromatic N) is 2. The van der Waals surface area contributed by atoms with Crippen LogP contribution in [0.25, 0.3) is 0 Å². The second-order valence-corrected chi connectivity index (χ2v) is 7.74. The zero-order valence-electron chi connectivity index (χ0n) is 19.2. The third-order valence-corrected chi connectivity index (χ3v) is 5.44. The first-order valence-corrected chi connectivity index (χ1v) is 11.8. The largest absolute Gasteiger partial charge is 0.481 e. The Hall–Kier alpha value is -1.32. The molecule has 0 aliphatic heterocycles. The molecular formula is C24H47N2O2+. The van der Waals surface area contributed by atoms with Crippen molar-refractivity contribution in [3.63, 3.8) is 0 Å². The minimum absolute atomic E-state index is 0.338. The van der Waals surface area contributed by atoms with E-state index in [0.717, 1.165) is 19.4 Å². The van der Waals surface area contributed by atoms with Crippen molar-refractivity contribution in [3.05, 3.63) is 18.2 Å². The van der Waals surface area contributed by atoms with Crippen molar-refractivity contribution in [2.45, 2.75) is 124 Å². The first kappa shape index (κ1) is 26.7. The van der Waals surface area contributed by atoms with Gasteiger partial charge in [-0.25, -0.2) is 9.13 Å². The number of unbranched alkanes of at least 4 members (excludes halogenated alkanes) is 13. The lowest BCUT2D eigenvalue weighted by Gasteiger charge is -2.03. The summed E-state index contributed by atoms with van der Waals surface area (Å²) in [5.41, 5.74) is 0. The summed E-state index contributed by atoms with van der Waals surface area (Å²) in [7, 11) is 2.11. The minimum Gasteiger partial charge on any atom is -0.481 e. The standard InChI is InChI=1S/C22H40N2O2.C2H6/c1-21-23(2)19-20-24(21)18-16-14-12-10-8-6-4-3-5-7-9-11-13-15-17-22(25)26;1-2/h19-20H,3-18H2,1-2H3;1-2H3/p+1. The van der Waals surface area contributed by atoms with Gasteiger partial charge in [0.05, 0.1) is 13.6 Å². The van der Waals surface area contributed by atoms with Gasteiger partial charge < -0.3 is 5.11 Å². The number of aliphatic carboxylic acids is 1. The molecule has 0 bridgehead atoms. The van der Waals surface area contributed by atoms with Crippen LogP contribution in [0.15, 0.2) is 12.4 Å². The minimum atomic E-state index is -0.657. The molecule has 0 fully saturated rings. The summed E-state index contributed by atoms with van der Waals surface area (Å²) >= 11 is 0. The van der Waals surface area contributed by atoms with Gasteiger partial charge in [-0.15, -0.1) is 0 Å². The van der Waals surface area contributed by atoms with Gasteiger partial charge in [0.15, 0.2) is 0 Å². The van der Waals surface area contributed by atoms with Gasteiger partial charge in [-0.1, -0.05) is 84.5 Å². The van der Waals surface area contributed by atoms with Gasteiger partial charge in [-0.05, 0) is 19.3 Å². The topological polar surface area (TPSA) is 46.1 Å². The summed E-state index contributed by atoms with van der Waals surface area (Å²) in [5, 5.41) is 8.57. The van der Waals surface area contributed by atoms with Crippen LogP contribution in [0.5, 0.6) is 0 Å². The van der Waals surface area contributed by atoms with E-state index in [1.54, 1.807) is 0 Å². The Bertz CT molecular complexity index is 483. The summed E-state index contributed by atoms with van der Waals surface area (Å²) in [6, 6.07) is 0. The number of carboxylic acid groups (broad SMARTS) is 1. The molecule has 0 amide bonds. The number of hydrogen-bond acceptors (Lipinski definition) is 1. The molecule has 0 spiro atoms. The van der Waals surface area contributed by atoms with Gasteiger partial charge in [-0.2, -0.15) is 0 Å². The highest BCUT2D eigenvalue weighted by Gasteiger charge is 2.07. The Morgan fingerprint density at radius 2 is 1.21 bits per heavy atom. The molecule has 1 heterocycles. The molecule has 164 valence electrons. The van der Waals surface area contributed by atoms with Crippen molar-refractivity contribution in [1.29, 1.82) is 0 Å². The lowest BCUT2D eigenvalue weighted by molar-refractivity contribution is -0.677. The molecule has 1 aromatic heterocycles. The Morgan fingerprint density at radius 1 is 0.821 bits per heavy atom. The number of imidazole rings is 1. The van der Waals surface area contributed by atoms with E-state index >= 15 is 0 Å². The molecular weight excluding hydrogens is 348 g/mol. The van der Waals surface area contributed by atoms with E-state index in [1.807, 2.05) is 13.8 Å². The lowest BCUT2D eigenvalue weighted by Crippen LogP contribution is -2.29. The zero-order valence-corrected chi connectivity index (χ0v) is 19.2. The molecule has 1 N–H and O–H groups in total. The summed E-state index contributed by atoms with van der Waals surface area (Å²) in [6.45, 7) is 7.34. The monoisotopic (exact) mass is 395 g/mol. The van der Waals surface area contributed by atoms with Crippen LogP contribution in [0.2, 0.25) is 0 Å². The quantitative estimate of drug-likeness (QED) is 0.239. The maximum Gasteiger partial charge on any atom is 0.303 e. The van der Waals surface area contributed by atoms with Crippen LogP contribution in [0.3, 0.4) is 0 Å². The predicted octanol–water partition coefficient (Wildman–Crippen LogP) is 6.58. The van der Waals surface area contributed by atoms with E-state index < -0.39 is 5.97 Å². The molecule has 0 aliphatic carbocycles. The van der Waals surface area contributed by atoms with Crippen LogP contribution in [0.4, 0.5) is 0 Å². The summed E-state index contributed by atoms with van der Waals surface area (Å²) in [6.07, 6.45) is 22.7. The van der Waals surface area contributed by atoms with E-state index in [2.05, 4.69) is 35.5 Å². The number of aryl methyl sites for hydroxylation is 2. The smallest absolute Gasteiger partial charge is 0.303 e. The summed E-state index contributed by atoms with van der Waals surface area (Å²) < 4.78 is 4.53. The van der Waals surface area contributed by atoms with Crippen molar-refractivity contribution in [2.24, 2.45) is 7.05 Å². The molecule has 4 nitrogen and oxygen atoms in total. The lowest BCUT2D eigenvalue weighted by atomic mass is 10.0. The van der Waals surface area contributed by atoms with Crippen LogP contribution < -0.4 is 4.57 Å². The van der Waals surface area contributed by atoms with Crippen LogP contribution in [-0.2, 0) is 18.4 Å².